The average molecular weight is 458 g/mol. The van der Waals surface area contributed by atoms with Gasteiger partial charge in [-0.2, -0.15) is 0 Å². The van der Waals surface area contributed by atoms with Crippen molar-refractivity contribution in [2.45, 2.75) is 76.8 Å². The van der Waals surface area contributed by atoms with E-state index in [0.717, 1.165) is 0 Å². The lowest BCUT2D eigenvalue weighted by Crippen LogP contribution is -2.61. The Morgan fingerprint density at radius 3 is 2.42 bits per heavy atom. The third-order valence-electron chi connectivity index (χ3n) is 6.97. The van der Waals surface area contributed by atoms with Crippen LogP contribution in [0, 0.1) is 17.7 Å². The van der Waals surface area contributed by atoms with Gasteiger partial charge in [0.05, 0.1) is 23.6 Å². The maximum atomic E-state index is 14.2. The number of hydrogen-bond acceptors (Lipinski definition) is 4. The summed E-state index contributed by atoms with van der Waals surface area (Å²) < 4.78 is 20.5. The van der Waals surface area contributed by atoms with Crippen LogP contribution in [0.5, 0.6) is 0 Å². The molecule has 8 heteroatoms. The van der Waals surface area contributed by atoms with E-state index in [9.17, 15) is 18.8 Å². The molecule has 1 aromatic rings. The summed E-state index contributed by atoms with van der Waals surface area (Å²) >= 11 is 0. The van der Waals surface area contributed by atoms with E-state index < -0.39 is 52.4 Å². The molecular formula is C25H32FN3O4. The largest absolute Gasteiger partial charge is 0.359 e. The van der Waals surface area contributed by atoms with Gasteiger partial charge in [-0.3, -0.25) is 14.4 Å². The fraction of sp³-hybridized carbons (Fsp3) is 0.560. The van der Waals surface area contributed by atoms with Gasteiger partial charge in [-0.25, -0.2) is 4.39 Å². The van der Waals surface area contributed by atoms with E-state index in [1.54, 1.807) is 23.1 Å². The van der Waals surface area contributed by atoms with Crippen LogP contribution in [0.4, 0.5) is 10.1 Å². The molecule has 1 aromatic carbocycles. The minimum absolute atomic E-state index is 0.0431. The highest BCUT2D eigenvalue weighted by atomic mass is 19.1. The lowest BCUT2D eigenvalue weighted by molar-refractivity contribution is -0.147. The lowest BCUT2D eigenvalue weighted by Gasteiger charge is -2.42. The number of nitrogens with zero attached hydrogens (tertiary/aromatic N) is 1. The number of carbonyl (C=O) groups excluding carboxylic acids is 3. The van der Waals surface area contributed by atoms with Crippen LogP contribution in [-0.4, -0.2) is 51.4 Å². The van der Waals surface area contributed by atoms with Gasteiger partial charge >= 0.3 is 0 Å². The summed E-state index contributed by atoms with van der Waals surface area (Å²) in [4.78, 5) is 42.3. The highest BCUT2D eigenvalue weighted by molar-refractivity contribution is 6.03. The first-order valence-corrected chi connectivity index (χ1v) is 11.4. The molecule has 0 aromatic heterocycles. The summed E-state index contributed by atoms with van der Waals surface area (Å²) in [6.07, 6.45) is 3.46. The molecule has 2 bridgehead atoms. The van der Waals surface area contributed by atoms with Crippen molar-refractivity contribution in [3.05, 3.63) is 42.2 Å². The second kappa shape index (κ2) is 7.65. The molecule has 3 heterocycles. The number of rotatable bonds is 5. The van der Waals surface area contributed by atoms with Gasteiger partial charge < -0.3 is 20.3 Å². The van der Waals surface area contributed by atoms with Gasteiger partial charge in [-0.15, -0.1) is 0 Å². The van der Waals surface area contributed by atoms with Gasteiger partial charge in [0.1, 0.15) is 17.5 Å². The summed E-state index contributed by atoms with van der Waals surface area (Å²) in [6.45, 7) is 11.4. The topological polar surface area (TPSA) is 87.7 Å². The third-order valence-corrected chi connectivity index (χ3v) is 6.97. The molecule has 3 aliphatic heterocycles. The highest BCUT2D eigenvalue weighted by Crippen LogP contribution is 2.56. The second-order valence-corrected chi connectivity index (χ2v) is 10.8. The Morgan fingerprint density at radius 1 is 1.15 bits per heavy atom. The number of ether oxygens (including phenoxy) is 1. The van der Waals surface area contributed by atoms with Crippen LogP contribution < -0.4 is 10.6 Å². The molecular weight excluding hydrogens is 425 g/mol. The SMILES string of the molecule is CCC(C)(C)N1C(=O)[C@@H]2[C@H](C(=O)Nc3ccccc3F)[C@H]3C=C[C@@]2(O3)[C@@H]1C(=O)NC(C)(C)C. The summed E-state index contributed by atoms with van der Waals surface area (Å²) in [6, 6.07) is 4.96. The number of nitrogens with one attached hydrogen (secondary N) is 2. The van der Waals surface area contributed by atoms with Gasteiger partial charge in [-0.05, 0) is 53.2 Å². The van der Waals surface area contributed by atoms with Crippen LogP contribution in [-0.2, 0) is 19.1 Å². The van der Waals surface area contributed by atoms with Crippen molar-refractivity contribution in [3.63, 3.8) is 0 Å². The maximum Gasteiger partial charge on any atom is 0.246 e. The van der Waals surface area contributed by atoms with E-state index in [4.69, 9.17) is 4.74 Å². The third kappa shape index (κ3) is 3.64. The molecule has 0 unspecified atom stereocenters. The minimum atomic E-state index is -1.25. The van der Waals surface area contributed by atoms with Crippen LogP contribution in [0.25, 0.3) is 0 Å². The average Bonchev–Trinajstić information content (AvgIpc) is 3.36. The first-order valence-electron chi connectivity index (χ1n) is 11.4. The Balaban J connectivity index is 1.74. The molecule has 33 heavy (non-hydrogen) atoms. The maximum absolute atomic E-state index is 14.2. The van der Waals surface area contributed by atoms with E-state index >= 15 is 0 Å². The molecule has 4 rings (SSSR count). The van der Waals surface area contributed by atoms with Crippen molar-refractivity contribution in [1.82, 2.24) is 10.2 Å². The predicted octanol–water partition coefficient (Wildman–Crippen LogP) is 3.02. The van der Waals surface area contributed by atoms with Crippen LogP contribution in [0.1, 0.15) is 48.0 Å². The number of amides is 3. The zero-order valence-corrected chi connectivity index (χ0v) is 19.9. The fourth-order valence-electron chi connectivity index (χ4n) is 5.21. The monoisotopic (exact) mass is 457 g/mol. The molecule has 2 N–H and O–H groups in total. The van der Waals surface area contributed by atoms with Crippen molar-refractivity contribution in [3.8, 4) is 0 Å². The van der Waals surface area contributed by atoms with Crippen molar-refractivity contribution in [2.24, 2.45) is 11.8 Å². The number of carbonyl (C=O) groups is 3. The van der Waals surface area contributed by atoms with Gasteiger partial charge in [0.15, 0.2) is 0 Å². The molecule has 0 aliphatic carbocycles. The van der Waals surface area contributed by atoms with Gasteiger partial charge in [0.25, 0.3) is 0 Å². The summed E-state index contributed by atoms with van der Waals surface area (Å²) in [5.74, 6) is -3.42. The Hall–Kier alpha value is -2.74. The Morgan fingerprint density at radius 2 is 1.82 bits per heavy atom. The molecule has 0 radical (unpaired) electrons. The van der Waals surface area contributed by atoms with Crippen molar-refractivity contribution in [1.29, 1.82) is 0 Å². The summed E-state index contributed by atoms with van der Waals surface area (Å²) in [7, 11) is 0. The van der Waals surface area contributed by atoms with Crippen LogP contribution in [0.3, 0.4) is 0 Å². The molecule has 5 atom stereocenters. The first kappa shape index (κ1) is 23.4. The number of para-hydroxylation sites is 1. The van der Waals surface area contributed by atoms with E-state index in [-0.39, 0.29) is 17.5 Å². The van der Waals surface area contributed by atoms with E-state index in [1.165, 1.54) is 18.2 Å². The van der Waals surface area contributed by atoms with Crippen LogP contribution >= 0.6 is 0 Å². The van der Waals surface area contributed by atoms with Gasteiger partial charge in [0, 0.05) is 11.1 Å². The summed E-state index contributed by atoms with van der Waals surface area (Å²) in [5.41, 5.74) is -2.36. The number of anilines is 1. The zero-order valence-electron chi connectivity index (χ0n) is 19.9. The Bertz CT molecular complexity index is 1030. The minimum Gasteiger partial charge on any atom is -0.359 e. The Kier molecular flexibility index (Phi) is 5.43. The number of likely N-dealkylation sites (tertiary alicyclic amines) is 1. The molecule has 7 nitrogen and oxygen atoms in total. The number of halogens is 1. The summed E-state index contributed by atoms with van der Waals surface area (Å²) in [5, 5.41) is 5.61. The van der Waals surface area contributed by atoms with E-state index in [0.29, 0.717) is 6.42 Å². The lowest BCUT2D eigenvalue weighted by atomic mass is 9.74. The molecule has 3 amide bonds. The van der Waals surface area contributed by atoms with E-state index in [2.05, 4.69) is 10.6 Å². The molecule has 178 valence electrons. The van der Waals surface area contributed by atoms with Crippen LogP contribution in [0.2, 0.25) is 0 Å². The molecule has 3 aliphatic rings. The molecule has 0 saturated carbocycles. The van der Waals surface area contributed by atoms with Crippen molar-refractivity contribution in [2.75, 3.05) is 5.32 Å². The van der Waals surface area contributed by atoms with Gasteiger partial charge in [-0.1, -0.05) is 31.2 Å². The van der Waals surface area contributed by atoms with Crippen LogP contribution in [0.15, 0.2) is 36.4 Å². The number of hydrogen-bond donors (Lipinski definition) is 2. The number of benzene rings is 1. The van der Waals surface area contributed by atoms with Gasteiger partial charge in [0.2, 0.25) is 17.7 Å². The second-order valence-electron chi connectivity index (χ2n) is 10.8. The van der Waals surface area contributed by atoms with Crippen molar-refractivity contribution >= 4 is 23.4 Å². The predicted molar refractivity (Wildman–Crippen MR) is 122 cm³/mol. The number of fused-ring (bicyclic) bond motifs is 1. The molecule has 2 saturated heterocycles. The quantitative estimate of drug-likeness (QED) is 0.666. The zero-order chi connectivity index (χ0) is 24.3. The normalized spacial score (nSPS) is 30.5. The van der Waals surface area contributed by atoms with E-state index in [1.807, 2.05) is 41.5 Å². The fourth-order valence-corrected chi connectivity index (χ4v) is 5.21. The first-order chi connectivity index (χ1) is 15.3. The van der Waals surface area contributed by atoms with Crippen molar-refractivity contribution < 1.29 is 23.5 Å². The highest BCUT2D eigenvalue weighted by Gasteiger charge is 2.74. The molecule has 2 fully saturated rings. The standard InChI is InChI=1S/C25H32FN3O4/c1-7-24(5,6)29-19(21(31)28-23(2,3)4)25-13-12-16(33-25)17(18(25)22(29)32)20(30)27-15-11-9-8-10-14(15)26/h8-13,16-19H,7H2,1-6H3,(H,27,30)(H,28,31)/t16-,17-,18+,19+,25+/m1/s1. The Labute approximate surface area is 193 Å². The molecule has 1 spiro atoms. The smallest absolute Gasteiger partial charge is 0.246 e.